The highest BCUT2D eigenvalue weighted by atomic mass is 35.5. The maximum atomic E-state index is 6.22. The number of nitrogens with two attached hydrogens (primary N) is 1. The van der Waals surface area contributed by atoms with Crippen molar-refractivity contribution in [2.45, 2.75) is 12.8 Å². The Hall–Kier alpha value is -1.51. The van der Waals surface area contributed by atoms with Crippen molar-refractivity contribution in [3.05, 3.63) is 64.2 Å². The molecule has 2 rings (SSSR count). The van der Waals surface area contributed by atoms with Crippen molar-refractivity contribution in [2.24, 2.45) is 5.73 Å². The van der Waals surface area contributed by atoms with E-state index in [4.69, 9.17) is 22.1 Å². The zero-order valence-electron chi connectivity index (χ0n) is 11.2. The smallest absolute Gasteiger partial charge is 0.137 e. The number of benzene rings is 2. The second-order valence-electron chi connectivity index (χ2n) is 4.54. The van der Waals surface area contributed by atoms with E-state index in [-0.39, 0.29) is 5.92 Å². The van der Waals surface area contributed by atoms with Gasteiger partial charge in [-0.15, -0.1) is 0 Å². The average Bonchev–Trinajstić information content (AvgIpc) is 2.44. The molecule has 0 fully saturated rings. The lowest BCUT2D eigenvalue weighted by atomic mass is 9.88. The molecule has 100 valence electrons. The van der Waals surface area contributed by atoms with E-state index < -0.39 is 0 Å². The summed E-state index contributed by atoms with van der Waals surface area (Å²) < 4.78 is 5.24. The van der Waals surface area contributed by atoms with Gasteiger partial charge in [0.05, 0.1) is 12.1 Å². The minimum absolute atomic E-state index is 0.157. The predicted molar refractivity (Wildman–Crippen MR) is 80.1 cm³/mol. The van der Waals surface area contributed by atoms with Crippen LogP contribution in [0.4, 0.5) is 0 Å². The normalized spacial score (nSPS) is 12.2. The highest BCUT2D eigenvalue weighted by Crippen LogP contribution is 2.33. The Morgan fingerprint density at radius 3 is 2.47 bits per heavy atom. The molecule has 0 amide bonds. The molecule has 1 unspecified atom stereocenters. The third-order valence-electron chi connectivity index (χ3n) is 3.35. The first-order chi connectivity index (χ1) is 9.17. The van der Waals surface area contributed by atoms with E-state index in [2.05, 4.69) is 19.1 Å². The topological polar surface area (TPSA) is 35.2 Å². The van der Waals surface area contributed by atoms with Gasteiger partial charge in [0.2, 0.25) is 0 Å². The van der Waals surface area contributed by atoms with Crippen LogP contribution in [0.3, 0.4) is 0 Å². The Kier molecular flexibility index (Phi) is 4.46. The van der Waals surface area contributed by atoms with E-state index in [0.29, 0.717) is 17.3 Å². The summed E-state index contributed by atoms with van der Waals surface area (Å²) in [5.41, 5.74) is 9.45. The van der Waals surface area contributed by atoms with Crippen molar-refractivity contribution >= 4 is 11.6 Å². The van der Waals surface area contributed by atoms with E-state index >= 15 is 0 Å². The van der Waals surface area contributed by atoms with Gasteiger partial charge in [0.15, 0.2) is 0 Å². The third-order valence-corrected chi connectivity index (χ3v) is 3.65. The lowest BCUT2D eigenvalue weighted by molar-refractivity contribution is 0.414. The predicted octanol–water partition coefficient (Wildman–Crippen LogP) is 3.75. The molecular formula is C16H18ClNO. The van der Waals surface area contributed by atoms with Crippen molar-refractivity contribution in [3.63, 3.8) is 0 Å². The van der Waals surface area contributed by atoms with Crippen LogP contribution in [0.15, 0.2) is 42.5 Å². The van der Waals surface area contributed by atoms with Crippen molar-refractivity contribution in [3.8, 4) is 5.75 Å². The second-order valence-corrected chi connectivity index (χ2v) is 4.95. The number of methoxy groups -OCH3 is 1. The van der Waals surface area contributed by atoms with Crippen LogP contribution in [-0.4, -0.2) is 13.7 Å². The van der Waals surface area contributed by atoms with Crippen LogP contribution in [-0.2, 0) is 0 Å². The van der Waals surface area contributed by atoms with E-state index in [1.165, 1.54) is 5.56 Å². The average molecular weight is 276 g/mol. The van der Waals surface area contributed by atoms with Gasteiger partial charge >= 0.3 is 0 Å². The summed E-state index contributed by atoms with van der Waals surface area (Å²) in [7, 11) is 1.62. The summed E-state index contributed by atoms with van der Waals surface area (Å²) in [5.74, 6) is 0.858. The monoisotopic (exact) mass is 275 g/mol. The molecule has 0 heterocycles. The molecular weight excluding hydrogens is 258 g/mol. The first-order valence-corrected chi connectivity index (χ1v) is 6.64. The van der Waals surface area contributed by atoms with Crippen LogP contribution in [0.25, 0.3) is 0 Å². The van der Waals surface area contributed by atoms with Crippen LogP contribution in [0.5, 0.6) is 5.75 Å². The minimum Gasteiger partial charge on any atom is -0.495 e. The van der Waals surface area contributed by atoms with Crippen LogP contribution >= 0.6 is 11.6 Å². The van der Waals surface area contributed by atoms with Crippen molar-refractivity contribution < 1.29 is 4.74 Å². The highest BCUT2D eigenvalue weighted by molar-refractivity contribution is 6.32. The minimum atomic E-state index is 0.157. The molecule has 2 N–H and O–H groups in total. The number of rotatable bonds is 4. The number of hydrogen-bond acceptors (Lipinski definition) is 2. The van der Waals surface area contributed by atoms with Crippen molar-refractivity contribution in [1.29, 1.82) is 0 Å². The third kappa shape index (κ3) is 2.91. The molecule has 2 aromatic rings. The van der Waals surface area contributed by atoms with Gasteiger partial charge in [0.25, 0.3) is 0 Å². The van der Waals surface area contributed by atoms with Gasteiger partial charge in [0, 0.05) is 12.5 Å². The van der Waals surface area contributed by atoms with Gasteiger partial charge < -0.3 is 10.5 Å². The Morgan fingerprint density at radius 1 is 1.21 bits per heavy atom. The molecule has 3 heteroatoms. The molecule has 1 atom stereocenters. The van der Waals surface area contributed by atoms with Crippen molar-refractivity contribution in [2.75, 3.05) is 13.7 Å². The van der Waals surface area contributed by atoms with E-state index in [1.807, 2.05) is 30.3 Å². The van der Waals surface area contributed by atoms with Gasteiger partial charge in [-0.25, -0.2) is 0 Å². The fourth-order valence-corrected chi connectivity index (χ4v) is 2.58. The summed E-state index contributed by atoms with van der Waals surface area (Å²) in [6.45, 7) is 2.60. The second kappa shape index (κ2) is 6.09. The van der Waals surface area contributed by atoms with Gasteiger partial charge in [-0.1, -0.05) is 41.9 Å². The molecule has 19 heavy (non-hydrogen) atoms. The first-order valence-electron chi connectivity index (χ1n) is 6.26. The van der Waals surface area contributed by atoms with Crippen LogP contribution < -0.4 is 10.5 Å². The fourth-order valence-electron chi connectivity index (χ4n) is 2.33. The number of hydrogen-bond donors (Lipinski definition) is 1. The number of halogens is 1. The quantitative estimate of drug-likeness (QED) is 0.922. The molecule has 0 aliphatic carbocycles. The van der Waals surface area contributed by atoms with Crippen LogP contribution in [0.2, 0.25) is 5.02 Å². The Morgan fingerprint density at radius 2 is 1.89 bits per heavy atom. The maximum Gasteiger partial charge on any atom is 0.137 e. The lowest BCUT2D eigenvalue weighted by Gasteiger charge is -2.19. The molecule has 0 bridgehead atoms. The Labute approximate surface area is 119 Å². The van der Waals surface area contributed by atoms with Crippen LogP contribution in [0.1, 0.15) is 22.6 Å². The SMILES string of the molecule is COc1cc(C)c(C(CN)c2ccccc2)cc1Cl. The van der Waals surface area contributed by atoms with Crippen molar-refractivity contribution in [1.82, 2.24) is 0 Å². The fraction of sp³-hybridized carbons (Fsp3) is 0.250. The maximum absolute atomic E-state index is 6.22. The van der Waals surface area contributed by atoms with E-state index in [0.717, 1.165) is 11.1 Å². The summed E-state index contributed by atoms with van der Waals surface area (Å²) in [6, 6.07) is 14.2. The van der Waals surface area contributed by atoms with Gasteiger partial charge in [0.1, 0.15) is 5.75 Å². The molecule has 0 aliphatic heterocycles. The number of ether oxygens (including phenoxy) is 1. The van der Waals surface area contributed by atoms with Gasteiger partial charge in [-0.3, -0.25) is 0 Å². The molecule has 0 saturated heterocycles. The zero-order valence-corrected chi connectivity index (χ0v) is 11.9. The summed E-state index contributed by atoms with van der Waals surface area (Å²) >= 11 is 6.22. The molecule has 2 aromatic carbocycles. The largest absolute Gasteiger partial charge is 0.495 e. The number of aryl methyl sites for hydroxylation is 1. The highest BCUT2D eigenvalue weighted by Gasteiger charge is 2.16. The van der Waals surface area contributed by atoms with E-state index in [1.54, 1.807) is 7.11 Å². The zero-order chi connectivity index (χ0) is 13.8. The lowest BCUT2D eigenvalue weighted by Crippen LogP contribution is -2.15. The Balaban J connectivity index is 2.47. The molecule has 0 spiro atoms. The van der Waals surface area contributed by atoms with Gasteiger partial charge in [-0.05, 0) is 35.7 Å². The summed E-state index contributed by atoms with van der Waals surface area (Å²) in [5, 5.41) is 0.623. The first kappa shape index (κ1) is 13.9. The molecule has 0 saturated carbocycles. The van der Waals surface area contributed by atoms with Gasteiger partial charge in [-0.2, -0.15) is 0 Å². The molecule has 0 radical (unpaired) electrons. The molecule has 0 aromatic heterocycles. The summed E-state index contributed by atoms with van der Waals surface area (Å²) in [6.07, 6.45) is 0. The van der Waals surface area contributed by atoms with Crippen LogP contribution in [0, 0.1) is 6.92 Å². The molecule has 2 nitrogen and oxygen atoms in total. The molecule has 0 aliphatic rings. The van der Waals surface area contributed by atoms with E-state index in [9.17, 15) is 0 Å². The summed E-state index contributed by atoms with van der Waals surface area (Å²) in [4.78, 5) is 0. The Bertz CT molecular complexity index is 554. The standard InChI is InChI=1S/C16H18ClNO/c1-11-8-16(19-2)15(17)9-13(11)14(10-18)12-6-4-3-5-7-12/h3-9,14H,10,18H2,1-2H3.